The lowest BCUT2D eigenvalue weighted by Gasteiger charge is -2.56. The number of amides is 3. The Balaban J connectivity index is 1.58. The van der Waals surface area contributed by atoms with Crippen LogP contribution in [0.1, 0.15) is 86.5 Å². The number of carbonyl (C=O) groups excluding carboxylic acids is 3. The molecule has 0 saturated heterocycles. The molecule has 1 heterocycles. The Morgan fingerprint density at radius 1 is 1.06 bits per heavy atom. The van der Waals surface area contributed by atoms with Crippen LogP contribution in [0.15, 0.2) is 4.99 Å². The molecule has 6 heteroatoms. The Morgan fingerprint density at radius 3 is 2.44 bits per heavy atom. The third-order valence-corrected chi connectivity index (χ3v) is 9.38. The Hall–Kier alpha value is -1.72. The highest BCUT2D eigenvalue weighted by Crippen LogP contribution is 2.64. The molecule has 0 radical (unpaired) electrons. The number of fused-ring (bicyclic) bond motifs is 5. The molecule has 3 saturated carbocycles. The average Bonchev–Trinajstić information content (AvgIpc) is 3.05. The van der Waals surface area contributed by atoms with Gasteiger partial charge in [-0.25, -0.2) is 4.79 Å². The number of carbonyl (C=O) groups is 3. The van der Waals surface area contributed by atoms with E-state index in [-0.39, 0.29) is 40.8 Å². The summed E-state index contributed by atoms with van der Waals surface area (Å²) in [5.41, 5.74) is 1.10. The lowest BCUT2D eigenvalue weighted by atomic mass is 9.49. The number of hydrogen-bond donors (Lipinski definition) is 1. The second kappa shape index (κ2) is 8.25. The number of urea groups is 1. The third-order valence-electron chi connectivity index (χ3n) is 9.38. The smallest absolute Gasteiger partial charge is 0.324 e. The zero-order valence-electron chi connectivity index (χ0n) is 20.7. The summed E-state index contributed by atoms with van der Waals surface area (Å²) in [6, 6.07) is -0.441. The summed E-state index contributed by atoms with van der Waals surface area (Å²) in [7, 11) is 0. The van der Waals surface area contributed by atoms with Crippen LogP contribution in [0.25, 0.3) is 0 Å². The van der Waals surface area contributed by atoms with E-state index in [2.05, 4.69) is 19.2 Å². The van der Waals surface area contributed by atoms with Crippen molar-refractivity contribution in [1.82, 2.24) is 10.2 Å². The van der Waals surface area contributed by atoms with Gasteiger partial charge in [0, 0.05) is 48.5 Å². The number of Topliss-reactive ketones (excluding diaryl/α,β-unsaturated/α-hetero) is 1. The van der Waals surface area contributed by atoms with Gasteiger partial charge in [0.15, 0.2) is 0 Å². The number of ketones is 1. The van der Waals surface area contributed by atoms with E-state index in [0.29, 0.717) is 36.4 Å². The molecule has 1 N–H and O–H groups in total. The molecule has 6 nitrogen and oxygen atoms in total. The number of aliphatic imine (C=N–C) groups is 1. The van der Waals surface area contributed by atoms with Crippen molar-refractivity contribution >= 4 is 23.4 Å². The van der Waals surface area contributed by atoms with Crippen molar-refractivity contribution in [3.8, 4) is 0 Å². The van der Waals surface area contributed by atoms with Gasteiger partial charge in [-0.1, -0.05) is 13.8 Å². The van der Waals surface area contributed by atoms with E-state index >= 15 is 0 Å². The Morgan fingerprint density at radius 2 is 1.78 bits per heavy atom. The van der Waals surface area contributed by atoms with Gasteiger partial charge in [0.2, 0.25) is 5.91 Å². The highest BCUT2D eigenvalue weighted by molar-refractivity contribution is 6.07. The molecule has 0 aromatic carbocycles. The van der Waals surface area contributed by atoms with Crippen LogP contribution < -0.4 is 5.32 Å². The molecule has 4 rings (SSSR count). The third kappa shape index (κ3) is 3.62. The van der Waals surface area contributed by atoms with Gasteiger partial charge >= 0.3 is 6.03 Å². The van der Waals surface area contributed by atoms with E-state index in [9.17, 15) is 14.4 Å². The number of nitrogens with one attached hydrogen (secondary N) is 1. The van der Waals surface area contributed by atoms with Gasteiger partial charge < -0.3 is 5.32 Å². The quantitative estimate of drug-likeness (QED) is 0.691. The molecule has 3 fully saturated rings. The van der Waals surface area contributed by atoms with E-state index in [1.54, 1.807) is 0 Å². The molecular formula is C26H41N3O3. The Kier molecular flexibility index (Phi) is 6.04. The maximum atomic E-state index is 13.8. The van der Waals surface area contributed by atoms with Gasteiger partial charge in [-0.3, -0.25) is 19.5 Å². The standard InChI is InChI=1S/C26H41N3O3/c1-15(2)28-24(32)29(16(3)4)23(31)21-8-7-19-18-14-27-22-13-17(30)9-11-26(22,6)20(18)10-12-25(19,21)5/h15-16,18-21H,7-14H2,1-6H3,(H,28,32)/t18-,19-,20-,21+,25-,26+/m0/s1. The molecule has 1 aliphatic heterocycles. The predicted octanol–water partition coefficient (Wildman–Crippen LogP) is 4.61. The molecule has 0 unspecified atom stereocenters. The summed E-state index contributed by atoms with van der Waals surface area (Å²) >= 11 is 0. The average molecular weight is 444 g/mol. The highest BCUT2D eigenvalue weighted by Gasteiger charge is 2.61. The summed E-state index contributed by atoms with van der Waals surface area (Å²) in [6.45, 7) is 13.1. The van der Waals surface area contributed by atoms with Crippen molar-refractivity contribution < 1.29 is 14.4 Å². The molecule has 0 bridgehead atoms. The van der Waals surface area contributed by atoms with Crippen LogP contribution in [0.4, 0.5) is 4.79 Å². The van der Waals surface area contributed by atoms with Gasteiger partial charge in [0.25, 0.3) is 0 Å². The largest absolute Gasteiger partial charge is 0.335 e. The van der Waals surface area contributed by atoms with Crippen molar-refractivity contribution in [3.05, 3.63) is 0 Å². The van der Waals surface area contributed by atoms with Crippen molar-refractivity contribution in [3.63, 3.8) is 0 Å². The zero-order valence-corrected chi connectivity index (χ0v) is 20.7. The summed E-state index contributed by atoms with van der Waals surface area (Å²) < 4.78 is 0. The first-order valence-corrected chi connectivity index (χ1v) is 12.7. The van der Waals surface area contributed by atoms with Crippen molar-refractivity contribution in [2.24, 2.45) is 39.5 Å². The molecule has 0 aromatic heterocycles. The van der Waals surface area contributed by atoms with Gasteiger partial charge in [0.1, 0.15) is 5.78 Å². The van der Waals surface area contributed by atoms with E-state index in [1.165, 1.54) is 4.90 Å². The molecule has 6 atom stereocenters. The molecular weight excluding hydrogens is 402 g/mol. The van der Waals surface area contributed by atoms with Crippen LogP contribution in [-0.2, 0) is 9.59 Å². The summed E-state index contributed by atoms with van der Waals surface area (Å²) in [4.78, 5) is 45.1. The van der Waals surface area contributed by atoms with E-state index in [4.69, 9.17) is 4.99 Å². The van der Waals surface area contributed by atoms with E-state index in [1.807, 2.05) is 27.7 Å². The van der Waals surface area contributed by atoms with Crippen LogP contribution in [0.5, 0.6) is 0 Å². The number of imide groups is 1. The van der Waals surface area contributed by atoms with Crippen molar-refractivity contribution in [2.45, 2.75) is 98.6 Å². The van der Waals surface area contributed by atoms with Crippen molar-refractivity contribution in [1.29, 1.82) is 0 Å². The number of nitrogens with zero attached hydrogens (tertiary/aromatic N) is 2. The number of hydrogen-bond acceptors (Lipinski definition) is 4. The van der Waals surface area contributed by atoms with Gasteiger partial charge in [0.05, 0.1) is 0 Å². The summed E-state index contributed by atoms with van der Waals surface area (Å²) in [6.07, 6.45) is 6.13. The molecule has 178 valence electrons. The first kappa shape index (κ1) is 23.4. The molecule has 4 aliphatic rings. The molecule has 3 aliphatic carbocycles. The fourth-order valence-electron chi connectivity index (χ4n) is 7.68. The van der Waals surface area contributed by atoms with Crippen LogP contribution in [0.2, 0.25) is 0 Å². The molecule has 0 spiro atoms. The first-order chi connectivity index (χ1) is 15.0. The van der Waals surface area contributed by atoms with Gasteiger partial charge in [-0.2, -0.15) is 0 Å². The lowest BCUT2D eigenvalue weighted by Crippen LogP contribution is -2.57. The summed E-state index contributed by atoms with van der Waals surface area (Å²) in [5, 5.41) is 2.92. The van der Waals surface area contributed by atoms with E-state index in [0.717, 1.165) is 44.4 Å². The SMILES string of the molecule is CC(C)NC(=O)N(C(=O)[C@H]1CC[C@H]2[C@@H]3CN=C4CC(=O)CC[C@]4(C)[C@H]3CC[C@]12C)C(C)C. The fraction of sp³-hybridized carbons (Fsp3) is 0.846. The second-order valence-electron chi connectivity index (χ2n) is 11.9. The second-order valence-corrected chi connectivity index (χ2v) is 11.9. The molecule has 3 amide bonds. The predicted molar refractivity (Wildman–Crippen MR) is 125 cm³/mol. The van der Waals surface area contributed by atoms with E-state index < -0.39 is 0 Å². The van der Waals surface area contributed by atoms with Gasteiger partial charge in [-0.15, -0.1) is 0 Å². The summed E-state index contributed by atoms with van der Waals surface area (Å²) in [5.74, 6) is 1.71. The minimum atomic E-state index is -0.271. The van der Waals surface area contributed by atoms with Gasteiger partial charge in [-0.05, 0) is 83.0 Å². The maximum absolute atomic E-state index is 13.8. The first-order valence-electron chi connectivity index (χ1n) is 12.7. The lowest BCUT2D eigenvalue weighted by molar-refractivity contribution is -0.140. The highest BCUT2D eigenvalue weighted by atomic mass is 16.2. The molecule has 32 heavy (non-hydrogen) atoms. The zero-order chi connectivity index (χ0) is 23.4. The van der Waals surface area contributed by atoms with Crippen LogP contribution in [-0.4, -0.2) is 47.0 Å². The number of rotatable bonds is 3. The maximum Gasteiger partial charge on any atom is 0.324 e. The fourth-order valence-corrected chi connectivity index (χ4v) is 7.68. The monoisotopic (exact) mass is 443 g/mol. The Labute approximate surface area is 193 Å². The van der Waals surface area contributed by atoms with Crippen LogP contribution >= 0.6 is 0 Å². The van der Waals surface area contributed by atoms with Crippen LogP contribution in [0, 0.1) is 34.5 Å². The topological polar surface area (TPSA) is 78.8 Å². The van der Waals surface area contributed by atoms with Crippen molar-refractivity contribution in [2.75, 3.05) is 6.54 Å². The normalized spacial score (nSPS) is 38.6. The minimum absolute atomic E-state index is 0.00341. The molecule has 0 aromatic rings. The Bertz CT molecular complexity index is 834. The van der Waals surface area contributed by atoms with Crippen LogP contribution in [0.3, 0.4) is 0 Å². The minimum Gasteiger partial charge on any atom is -0.335 e.